The molecule has 0 aromatic carbocycles. The van der Waals surface area contributed by atoms with Gasteiger partial charge in [-0.25, -0.2) is 0 Å². The maximum absolute atomic E-state index is 14.8. The van der Waals surface area contributed by atoms with Crippen molar-refractivity contribution in [1.29, 1.82) is 0 Å². The topological polar surface area (TPSA) is 202 Å². The predicted octanol–water partition coefficient (Wildman–Crippen LogP) is 3.38. The summed E-state index contributed by atoms with van der Waals surface area (Å²) in [6.45, 7) is 16.9. The minimum atomic E-state index is -1.64. The summed E-state index contributed by atoms with van der Waals surface area (Å²) in [6, 6.07) is 0. The van der Waals surface area contributed by atoms with Gasteiger partial charge in [0, 0.05) is 6.92 Å². The van der Waals surface area contributed by atoms with Crippen LogP contribution in [0.15, 0.2) is 11.6 Å². The fraction of sp³-hybridized carbons (Fsp3) is 0.907. The van der Waals surface area contributed by atoms with E-state index in [4.69, 9.17) is 23.7 Å². The molecule has 13 nitrogen and oxygen atoms in total. The van der Waals surface area contributed by atoms with E-state index in [2.05, 4.69) is 54.5 Å². The number of rotatable bonds is 6. The molecule has 2 saturated heterocycles. The number of esters is 2. The van der Waals surface area contributed by atoms with Crippen molar-refractivity contribution in [3.05, 3.63) is 11.6 Å². The molecule has 0 radical (unpaired) electrons. The second kappa shape index (κ2) is 14.8. The van der Waals surface area contributed by atoms with Crippen LogP contribution in [0.5, 0.6) is 0 Å². The molecule has 2 aliphatic heterocycles. The number of allylic oxidation sites excluding steroid dienone is 2. The Kier molecular flexibility index (Phi) is 11.2. The minimum Gasteiger partial charge on any atom is -0.457 e. The first-order chi connectivity index (χ1) is 26.2. The van der Waals surface area contributed by atoms with Crippen LogP contribution >= 0.6 is 0 Å². The zero-order valence-electron chi connectivity index (χ0n) is 34.6. The van der Waals surface area contributed by atoms with Crippen molar-refractivity contribution < 1.29 is 63.9 Å². The molecule has 6 fully saturated rings. The molecule has 56 heavy (non-hydrogen) atoms. The van der Waals surface area contributed by atoms with Crippen LogP contribution in [0, 0.1) is 56.7 Å². The number of aliphatic hydroxyl groups is 6. The van der Waals surface area contributed by atoms with Gasteiger partial charge in [-0.3, -0.25) is 9.59 Å². The molecule has 0 amide bonds. The third kappa shape index (κ3) is 6.26. The Hall–Kier alpha value is -1.68. The SMILES string of the molecule is CC(=O)O[C@@H]1[C@@H](O)[C@H](OC(=O)[C@]23CC[C@@H](C)[C@H](C)C2C2=CC[C@@H]4[C@@]5(C)CC[C@H](O[C@@H]6OC[C@H](O)[C@H](O)[C@H]6O)C(C)(C)[C@@H]5CC[C@@]4(C)[C@]2(C)CC3)O[C@H](CO)[C@H]1O. The Balaban J connectivity index is 1.16. The first-order valence-electron chi connectivity index (χ1n) is 21.2. The first-order valence-corrected chi connectivity index (χ1v) is 21.2. The van der Waals surface area contributed by atoms with Gasteiger partial charge in [-0.1, -0.05) is 60.1 Å². The van der Waals surface area contributed by atoms with E-state index in [1.807, 2.05) is 0 Å². The molecule has 5 aliphatic carbocycles. The third-order valence-electron chi connectivity index (χ3n) is 17.4. The van der Waals surface area contributed by atoms with Crippen LogP contribution in [0.4, 0.5) is 0 Å². The monoisotopic (exact) mass is 792 g/mol. The highest BCUT2D eigenvalue weighted by Crippen LogP contribution is 2.76. The van der Waals surface area contributed by atoms with Crippen molar-refractivity contribution in [2.24, 2.45) is 56.7 Å². The highest BCUT2D eigenvalue weighted by Gasteiger charge is 2.70. The van der Waals surface area contributed by atoms with E-state index in [0.29, 0.717) is 30.6 Å². The average molecular weight is 793 g/mol. The van der Waals surface area contributed by atoms with Gasteiger partial charge in [0.05, 0.1) is 24.7 Å². The van der Waals surface area contributed by atoms with Gasteiger partial charge in [0.1, 0.15) is 30.5 Å². The summed E-state index contributed by atoms with van der Waals surface area (Å²) < 4.78 is 29.3. The summed E-state index contributed by atoms with van der Waals surface area (Å²) in [5, 5.41) is 62.9. The van der Waals surface area contributed by atoms with Crippen molar-refractivity contribution in [3.8, 4) is 0 Å². The van der Waals surface area contributed by atoms with E-state index in [0.717, 1.165) is 51.9 Å². The van der Waals surface area contributed by atoms with Crippen LogP contribution in [0.3, 0.4) is 0 Å². The molecule has 13 heteroatoms. The molecule has 318 valence electrons. The van der Waals surface area contributed by atoms with Crippen molar-refractivity contribution in [2.75, 3.05) is 13.2 Å². The van der Waals surface area contributed by atoms with Crippen LogP contribution in [-0.4, -0.2) is 117 Å². The Morgan fingerprint density at radius 2 is 1.54 bits per heavy atom. The molecule has 2 heterocycles. The number of aliphatic hydroxyl groups excluding tert-OH is 6. The molecule has 0 spiro atoms. The van der Waals surface area contributed by atoms with Crippen LogP contribution in [0.25, 0.3) is 0 Å². The van der Waals surface area contributed by atoms with Gasteiger partial charge >= 0.3 is 11.9 Å². The highest BCUT2D eigenvalue weighted by atomic mass is 16.7. The third-order valence-corrected chi connectivity index (χ3v) is 17.4. The van der Waals surface area contributed by atoms with Crippen molar-refractivity contribution in [1.82, 2.24) is 0 Å². The number of carbonyl (C=O) groups is 2. The van der Waals surface area contributed by atoms with Crippen molar-refractivity contribution >= 4 is 11.9 Å². The Labute approximate surface area is 331 Å². The van der Waals surface area contributed by atoms with Gasteiger partial charge in [0.15, 0.2) is 18.5 Å². The van der Waals surface area contributed by atoms with Gasteiger partial charge in [-0.05, 0) is 109 Å². The molecule has 0 aromatic heterocycles. The van der Waals surface area contributed by atoms with Crippen LogP contribution < -0.4 is 0 Å². The van der Waals surface area contributed by atoms with Crippen LogP contribution in [-0.2, 0) is 33.3 Å². The van der Waals surface area contributed by atoms with Gasteiger partial charge in [0.25, 0.3) is 0 Å². The Morgan fingerprint density at radius 3 is 2.21 bits per heavy atom. The number of ether oxygens (including phenoxy) is 5. The minimum absolute atomic E-state index is 0.0111. The largest absolute Gasteiger partial charge is 0.457 e. The number of carbonyl (C=O) groups excluding carboxylic acids is 2. The van der Waals surface area contributed by atoms with Gasteiger partial charge in [0.2, 0.25) is 6.29 Å². The molecule has 4 saturated carbocycles. The lowest BCUT2D eigenvalue weighted by Gasteiger charge is -2.71. The van der Waals surface area contributed by atoms with Gasteiger partial charge in [-0.15, -0.1) is 0 Å². The molecule has 0 aromatic rings. The Bertz CT molecular complexity index is 1530. The Morgan fingerprint density at radius 1 is 0.821 bits per heavy atom. The lowest BCUT2D eigenvalue weighted by Crippen LogP contribution is -2.66. The maximum atomic E-state index is 14.8. The molecule has 7 aliphatic rings. The quantitative estimate of drug-likeness (QED) is 0.130. The van der Waals surface area contributed by atoms with E-state index in [-0.39, 0.29) is 46.2 Å². The normalized spacial score (nSPS) is 52.6. The molecular formula is C43H68O13. The summed E-state index contributed by atoms with van der Waals surface area (Å²) >= 11 is 0. The fourth-order valence-electron chi connectivity index (χ4n) is 13.8. The molecule has 6 N–H and O–H groups in total. The van der Waals surface area contributed by atoms with Crippen LogP contribution in [0.1, 0.15) is 113 Å². The number of fused-ring (bicyclic) bond motifs is 7. The molecule has 1 unspecified atom stereocenters. The van der Waals surface area contributed by atoms with E-state index in [1.54, 1.807) is 0 Å². The summed E-state index contributed by atoms with van der Waals surface area (Å²) in [7, 11) is 0. The van der Waals surface area contributed by atoms with E-state index >= 15 is 0 Å². The molecular weight excluding hydrogens is 724 g/mol. The summed E-state index contributed by atoms with van der Waals surface area (Å²) in [6.07, 6.45) is -2.38. The van der Waals surface area contributed by atoms with Crippen molar-refractivity contribution in [3.63, 3.8) is 0 Å². The van der Waals surface area contributed by atoms with Crippen LogP contribution in [0.2, 0.25) is 0 Å². The second-order valence-corrected chi connectivity index (χ2v) is 20.2. The maximum Gasteiger partial charge on any atom is 0.315 e. The average Bonchev–Trinajstić information content (AvgIpc) is 3.14. The zero-order chi connectivity index (χ0) is 40.9. The van der Waals surface area contributed by atoms with Gasteiger partial charge < -0.3 is 54.3 Å². The van der Waals surface area contributed by atoms with E-state index in [9.17, 15) is 40.2 Å². The standard InChI is InChI=1S/C43H68O13/c1-21-11-16-43(38(51)56-37-34(50)35(53-23(3)45)32(48)26(19-44)54-37)18-17-41(7)24(30(43)22(21)2)9-10-28-40(6)14-13-29(39(4,5)27(40)12-15-42(28,41)8)55-36-33(49)31(47)25(46)20-52-36/h9,21-22,25-37,44,46-50H,10-20H2,1-8H3/t21-,22+,25+,26-,27+,28-,29+,30?,31+,32-,33-,34-,35+,36+,37+,40+,41-,42-,43+/m1/s1. The molecule has 19 atom stereocenters. The summed E-state index contributed by atoms with van der Waals surface area (Å²) in [5.41, 5.74) is -0.0378. The predicted molar refractivity (Wildman–Crippen MR) is 201 cm³/mol. The van der Waals surface area contributed by atoms with Gasteiger partial charge in [-0.2, -0.15) is 0 Å². The lowest BCUT2D eigenvalue weighted by atomic mass is 9.33. The second-order valence-electron chi connectivity index (χ2n) is 20.2. The molecule has 0 bridgehead atoms. The smallest absolute Gasteiger partial charge is 0.315 e. The summed E-state index contributed by atoms with van der Waals surface area (Å²) in [5.74, 6) is -0.0344. The van der Waals surface area contributed by atoms with E-state index < -0.39 is 79.3 Å². The number of hydrogen-bond donors (Lipinski definition) is 6. The number of hydrogen-bond acceptors (Lipinski definition) is 13. The zero-order valence-corrected chi connectivity index (χ0v) is 34.6. The molecule has 7 rings (SSSR count). The summed E-state index contributed by atoms with van der Waals surface area (Å²) in [4.78, 5) is 26.6. The lowest BCUT2D eigenvalue weighted by molar-refractivity contribution is -0.308. The fourth-order valence-corrected chi connectivity index (χ4v) is 13.8. The highest BCUT2D eigenvalue weighted by molar-refractivity contribution is 5.79. The first kappa shape index (κ1) is 42.4. The van der Waals surface area contributed by atoms with Crippen molar-refractivity contribution in [2.45, 2.75) is 175 Å². The van der Waals surface area contributed by atoms with E-state index in [1.165, 1.54) is 5.57 Å².